The van der Waals surface area contributed by atoms with Gasteiger partial charge in [-0.3, -0.25) is 5.43 Å². The summed E-state index contributed by atoms with van der Waals surface area (Å²) in [5.41, 5.74) is 3.36. The van der Waals surface area contributed by atoms with E-state index in [2.05, 4.69) is 25.7 Å². The number of rotatable bonds is 5. The lowest BCUT2D eigenvalue weighted by Gasteiger charge is -2.08. The first-order chi connectivity index (χ1) is 10.3. The second kappa shape index (κ2) is 5.67. The van der Waals surface area contributed by atoms with E-state index in [4.69, 9.17) is 20.1 Å². The average Bonchev–Trinajstić information content (AvgIpc) is 3.00. The van der Waals surface area contributed by atoms with Crippen molar-refractivity contribution in [2.45, 2.75) is 6.54 Å². The third kappa shape index (κ3) is 2.87. The standard InChI is InChI=1S/C12H14N6O3/c1-19-12-16-10(15-11(17-12)18-13)14-5-7-2-3-8-9(4-7)21-6-20-8/h2-4H,5-6,13H2,1H3,(H2,14,15,16,17,18). The number of nitrogens with zero attached hydrogens (tertiary/aromatic N) is 3. The third-order valence-corrected chi connectivity index (χ3v) is 2.81. The van der Waals surface area contributed by atoms with Crippen molar-refractivity contribution >= 4 is 11.9 Å². The molecule has 2 aromatic rings. The highest BCUT2D eigenvalue weighted by Gasteiger charge is 2.13. The zero-order chi connectivity index (χ0) is 14.7. The monoisotopic (exact) mass is 290 g/mol. The van der Waals surface area contributed by atoms with Gasteiger partial charge in [0.1, 0.15) is 0 Å². The molecule has 1 aromatic heterocycles. The van der Waals surface area contributed by atoms with E-state index in [-0.39, 0.29) is 18.8 Å². The van der Waals surface area contributed by atoms with E-state index in [9.17, 15) is 0 Å². The number of hydrogen-bond donors (Lipinski definition) is 3. The van der Waals surface area contributed by atoms with Gasteiger partial charge in [0.2, 0.25) is 18.7 Å². The average molecular weight is 290 g/mol. The molecule has 4 N–H and O–H groups in total. The van der Waals surface area contributed by atoms with Crippen molar-refractivity contribution in [1.29, 1.82) is 0 Å². The Kier molecular flexibility index (Phi) is 3.56. The minimum atomic E-state index is 0.172. The summed E-state index contributed by atoms with van der Waals surface area (Å²) in [6.45, 7) is 0.760. The van der Waals surface area contributed by atoms with Crippen LogP contribution in [0.25, 0.3) is 0 Å². The molecule has 0 saturated heterocycles. The van der Waals surface area contributed by atoms with Crippen LogP contribution in [0.15, 0.2) is 18.2 Å². The molecule has 110 valence electrons. The highest BCUT2D eigenvalue weighted by atomic mass is 16.7. The van der Waals surface area contributed by atoms with E-state index in [0.717, 1.165) is 17.1 Å². The van der Waals surface area contributed by atoms with Crippen LogP contribution in [0.4, 0.5) is 11.9 Å². The predicted octanol–water partition coefficient (Wildman–Crippen LogP) is 0.507. The van der Waals surface area contributed by atoms with Gasteiger partial charge in [-0.15, -0.1) is 0 Å². The van der Waals surface area contributed by atoms with Crippen molar-refractivity contribution in [3.63, 3.8) is 0 Å². The van der Waals surface area contributed by atoms with Crippen LogP contribution >= 0.6 is 0 Å². The quantitative estimate of drug-likeness (QED) is 0.534. The van der Waals surface area contributed by atoms with E-state index in [1.807, 2.05) is 18.2 Å². The Bertz CT molecular complexity index is 629. The van der Waals surface area contributed by atoms with Gasteiger partial charge >= 0.3 is 6.01 Å². The number of nitrogens with two attached hydrogens (primary N) is 1. The van der Waals surface area contributed by atoms with Crippen molar-refractivity contribution in [1.82, 2.24) is 15.0 Å². The molecule has 1 aliphatic heterocycles. The number of ether oxygens (including phenoxy) is 3. The Balaban J connectivity index is 1.72. The number of aromatic nitrogens is 3. The van der Waals surface area contributed by atoms with E-state index >= 15 is 0 Å². The molecule has 0 saturated carbocycles. The number of hydrogen-bond acceptors (Lipinski definition) is 9. The van der Waals surface area contributed by atoms with Crippen molar-refractivity contribution < 1.29 is 14.2 Å². The van der Waals surface area contributed by atoms with Gasteiger partial charge in [0.05, 0.1) is 7.11 Å². The number of hydrazine groups is 1. The molecule has 9 heteroatoms. The van der Waals surface area contributed by atoms with E-state index < -0.39 is 0 Å². The maximum atomic E-state index is 5.33. The van der Waals surface area contributed by atoms with Crippen molar-refractivity contribution in [2.24, 2.45) is 5.84 Å². The summed E-state index contributed by atoms with van der Waals surface area (Å²) in [5.74, 6) is 7.34. The first-order valence-corrected chi connectivity index (χ1v) is 6.17. The predicted molar refractivity (Wildman–Crippen MR) is 74.1 cm³/mol. The van der Waals surface area contributed by atoms with Crippen LogP contribution in [0, 0.1) is 0 Å². The largest absolute Gasteiger partial charge is 0.467 e. The van der Waals surface area contributed by atoms with Gasteiger partial charge < -0.3 is 19.5 Å². The van der Waals surface area contributed by atoms with Crippen molar-refractivity contribution in [3.8, 4) is 17.5 Å². The minimum absolute atomic E-state index is 0.172. The van der Waals surface area contributed by atoms with Gasteiger partial charge in [0.25, 0.3) is 0 Å². The van der Waals surface area contributed by atoms with Crippen LogP contribution in [0.1, 0.15) is 5.56 Å². The third-order valence-electron chi connectivity index (χ3n) is 2.81. The molecular formula is C12H14N6O3. The smallest absolute Gasteiger partial charge is 0.322 e. The lowest BCUT2D eigenvalue weighted by atomic mass is 10.2. The molecule has 1 aliphatic rings. The molecular weight excluding hydrogens is 276 g/mol. The molecule has 0 bridgehead atoms. The fraction of sp³-hybridized carbons (Fsp3) is 0.250. The Labute approximate surface area is 120 Å². The van der Waals surface area contributed by atoms with Crippen LogP contribution < -0.4 is 30.8 Å². The van der Waals surface area contributed by atoms with Gasteiger partial charge in [-0.2, -0.15) is 15.0 Å². The van der Waals surface area contributed by atoms with Gasteiger partial charge in [0, 0.05) is 6.54 Å². The molecule has 3 rings (SSSR count). The maximum absolute atomic E-state index is 5.33. The SMILES string of the molecule is COc1nc(NN)nc(NCc2ccc3c(c2)OCO3)n1. The van der Waals surface area contributed by atoms with E-state index in [1.54, 1.807) is 0 Å². The number of benzene rings is 1. The number of anilines is 2. The summed E-state index contributed by atoms with van der Waals surface area (Å²) in [4.78, 5) is 12.1. The normalized spacial score (nSPS) is 12.1. The van der Waals surface area contributed by atoms with Crippen LogP contribution in [0.3, 0.4) is 0 Å². The molecule has 0 spiro atoms. The zero-order valence-corrected chi connectivity index (χ0v) is 11.3. The molecule has 0 unspecified atom stereocenters. The number of methoxy groups -OCH3 is 1. The molecule has 9 nitrogen and oxygen atoms in total. The van der Waals surface area contributed by atoms with Crippen LogP contribution in [0.2, 0.25) is 0 Å². The molecule has 0 aliphatic carbocycles. The fourth-order valence-corrected chi connectivity index (χ4v) is 1.82. The number of nitrogen functional groups attached to an aromatic ring is 1. The summed E-state index contributed by atoms with van der Waals surface area (Å²) in [7, 11) is 1.47. The van der Waals surface area contributed by atoms with E-state index in [0.29, 0.717) is 12.5 Å². The maximum Gasteiger partial charge on any atom is 0.322 e. The summed E-state index contributed by atoms with van der Waals surface area (Å²) in [6.07, 6.45) is 0. The first-order valence-electron chi connectivity index (χ1n) is 6.17. The molecule has 0 fully saturated rings. The Hall–Kier alpha value is -2.81. The summed E-state index contributed by atoms with van der Waals surface area (Å²) >= 11 is 0. The Morgan fingerprint density at radius 1 is 1.19 bits per heavy atom. The van der Waals surface area contributed by atoms with E-state index in [1.165, 1.54) is 7.11 Å². The summed E-state index contributed by atoms with van der Waals surface area (Å²) in [5, 5.41) is 3.07. The highest BCUT2D eigenvalue weighted by Crippen LogP contribution is 2.32. The zero-order valence-electron chi connectivity index (χ0n) is 11.3. The van der Waals surface area contributed by atoms with Gasteiger partial charge in [-0.25, -0.2) is 5.84 Å². The first kappa shape index (κ1) is 13.2. The number of nitrogens with one attached hydrogen (secondary N) is 2. The van der Waals surface area contributed by atoms with Gasteiger partial charge in [0.15, 0.2) is 11.5 Å². The number of fused-ring (bicyclic) bond motifs is 1. The summed E-state index contributed by atoms with van der Waals surface area (Å²) < 4.78 is 15.6. The molecule has 2 heterocycles. The Morgan fingerprint density at radius 2 is 2.00 bits per heavy atom. The molecule has 0 radical (unpaired) electrons. The second-order valence-electron chi connectivity index (χ2n) is 4.15. The van der Waals surface area contributed by atoms with Gasteiger partial charge in [-0.1, -0.05) is 6.07 Å². The topological polar surface area (TPSA) is 116 Å². The Morgan fingerprint density at radius 3 is 2.81 bits per heavy atom. The van der Waals surface area contributed by atoms with Crippen molar-refractivity contribution in [3.05, 3.63) is 23.8 Å². The highest BCUT2D eigenvalue weighted by molar-refractivity contribution is 5.45. The molecule has 0 atom stereocenters. The molecule has 0 amide bonds. The second-order valence-corrected chi connectivity index (χ2v) is 4.15. The lowest BCUT2D eigenvalue weighted by Crippen LogP contribution is -2.14. The van der Waals surface area contributed by atoms with Crippen molar-refractivity contribution in [2.75, 3.05) is 24.6 Å². The molecule has 1 aromatic carbocycles. The lowest BCUT2D eigenvalue weighted by molar-refractivity contribution is 0.174. The summed E-state index contributed by atoms with van der Waals surface area (Å²) in [6, 6.07) is 5.86. The molecule has 21 heavy (non-hydrogen) atoms. The van der Waals surface area contributed by atoms with Crippen LogP contribution in [0.5, 0.6) is 17.5 Å². The van der Waals surface area contributed by atoms with Gasteiger partial charge in [-0.05, 0) is 17.7 Å². The fourth-order valence-electron chi connectivity index (χ4n) is 1.82. The van der Waals surface area contributed by atoms with Crippen LogP contribution in [-0.2, 0) is 6.54 Å². The minimum Gasteiger partial charge on any atom is -0.467 e. The van der Waals surface area contributed by atoms with Crippen LogP contribution in [-0.4, -0.2) is 28.9 Å².